The lowest BCUT2D eigenvalue weighted by atomic mass is 10.00. The van der Waals surface area contributed by atoms with Crippen LogP contribution in [0.1, 0.15) is 0 Å². The molecule has 0 spiro atoms. The second-order valence-electron chi connectivity index (χ2n) is 12.8. The molecule has 0 atom stereocenters. The van der Waals surface area contributed by atoms with Gasteiger partial charge < -0.3 is 13.3 Å². The summed E-state index contributed by atoms with van der Waals surface area (Å²) < 4.78 is 18.8. The molecule has 0 amide bonds. The van der Waals surface area contributed by atoms with Gasteiger partial charge in [-0.3, -0.25) is 0 Å². The first-order chi connectivity index (χ1) is 25.2. The molecular formula is C45H25N3O3. The summed E-state index contributed by atoms with van der Waals surface area (Å²) in [6, 6.07) is 51.1. The van der Waals surface area contributed by atoms with Crippen LogP contribution in [-0.4, -0.2) is 15.0 Å². The molecule has 0 aliphatic heterocycles. The van der Waals surface area contributed by atoms with Gasteiger partial charge in [0.2, 0.25) is 0 Å². The number of aromatic nitrogens is 3. The van der Waals surface area contributed by atoms with Gasteiger partial charge in [-0.15, -0.1) is 0 Å². The van der Waals surface area contributed by atoms with Gasteiger partial charge in [0, 0.05) is 54.6 Å². The summed E-state index contributed by atoms with van der Waals surface area (Å²) >= 11 is 0. The first-order valence-electron chi connectivity index (χ1n) is 16.8. The van der Waals surface area contributed by atoms with Crippen LogP contribution >= 0.6 is 0 Å². The third-order valence-corrected chi connectivity index (χ3v) is 9.75. The van der Waals surface area contributed by atoms with Gasteiger partial charge in [-0.1, -0.05) is 91.0 Å². The predicted octanol–water partition coefficient (Wildman–Crippen LogP) is 12.2. The maximum Gasteiger partial charge on any atom is 0.164 e. The number of rotatable bonds is 4. The number of nitrogens with zero attached hydrogens (tertiary/aromatic N) is 3. The molecule has 0 aliphatic carbocycles. The van der Waals surface area contributed by atoms with Crippen molar-refractivity contribution in [2.24, 2.45) is 0 Å². The summed E-state index contributed by atoms with van der Waals surface area (Å²) in [5.41, 5.74) is 9.78. The summed E-state index contributed by atoms with van der Waals surface area (Å²) in [6.07, 6.45) is 0. The van der Waals surface area contributed by atoms with Gasteiger partial charge in [0.25, 0.3) is 0 Å². The maximum atomic E-state index is 6.38. The summed E-state index contributed by atoms with van der Waals surface area (Å²) in [4.78, 5) is 15.1. The zero-order valence-corrected chi connectivity index (χ0v) is 27.0. The first-order valence-corrected chi connectivity index (χ1v) is 16.8. The van der Waals surface area contributed by atoms with E-state index in [4.69, 9.17) is 28.2 Å². The van der Waals surface area contributed by atoms with Gasteiger partial charge in [-0.05, 0) is 66.2 Å². The summed E-state index contributed by atoms with van der Waals surface area (Å²) in [6.45, 7) is 0. The van der Waals surface area contributed by atoms with Crippen LogP contribution in [0.15, 0.2) is 165 Å². The van der Waals surface area contributed by atoms with Crippen molar-refractivity contribution in [3.05, 3.63) is 152 Å². The lowest BCUT2D eigenvalue weighted by Gasteiger charge is -2.09. The Kier molecular flexibility index (Phi) is 5.86. The Labute approximate surface area is 290 Å². The van der Waals surface area contributed by atoms with E-state index in [-0.39, 0.29) is 0 Å². The van der Waals surface area contributed by atoms with Gasteiger partial charge in [0.05, 0.1) is 0 Å². The molecule has 51 heavy (non-hydrogen) atoms. The van der Waals surface area contributed by atoms with E-state index in [0.29, 0.717) is 17.5 Å². The molecule has 0 radical (unpaired) electrons. The quantitative estimate of drug-likeness (QED) is 0.188. The molecule has 0 N–H and O–H groups in total. The minimum Gasteiger partial charge on any atom is -0.456 e. The molecule has 6 heteroatoms. The van der Waals surface area contributed by atoms with Crippen LogP contribution in [0.25, 0.3) is 111 Å². The van der Waals surface area contributed by atoms with Crippen molar-refractivity contribution in [2.75, 3.05) is 0 Å². The Morgan fingerprint density at radius 1 is 0.294 bits per heavy atom. The largest absolute Gasteiger partial charge is 0.456 e. The van der Waals surface area contributed by atoms with Gasteiger partial charge in [0.15, 0.2) is 17.5 Å². The van der Waals surface area contributed by atoms with Crippen LogP contribution in [-0.2, 0) is 0 Å². The molecule has 11 rings (SSSR count). The van der Waals surface area contributed by atoms with E-state index in [9.17, 15) is 0 Å². The molecule has 0 saturated heterocycles. The third-order valence-electron chi connectivity index (χ3n) is 9.75. The molecule has 6 nitrogen and oxygen atoms in total. The standard InChI is InChI=1S/C45H25N3O3/c1-2-9-26(10-3-1)43-46-44(28-18-21-39-34(24-28)32-12-5-6-15-37(32)49-39)48-45(47-43)29-19-22-41-36(25-29)35-23-27(17-20-40(35)50-41)30-13-8-14-33-31-11-4-7-16-38(31)51-42(30)33/h1-25H. The fourth-order valence-electron chi connectivity index (χ4n) is 7.27. The van der Waals surface area contributed by atoms with Gasteiger partial charge in [-0.2, -0.15) is 0 Å². The zero-order valence-electron chi connectivity index (χ0n) is 27.0. The topological polar surface area (TPSA) is 78.1 Å². The Balaban J connectivity index is 1.08. The SMILES string of the molecule is c1ccc(-c2nc(-c3ccc4oc5ccccc5c4c3)nc(-c3ccc4oc5ccc(-c6cccc7c6oc6ccccc67)cc5c4c3)n2)cc1. The number of benzene rings is 7. The summed E-state index contributed by atoms with van der Waals surface area (Å²) in [7, 11) is 0. The van der Waals surface area contributed by atoms with Gasteiger partial charge in [0.1, 0.15) is 33.5 Å². The zero-order chi connectivity index (χ0) is 33.5. The molecule has 4 aromatic heterocycles. The van der Waals surface area contributed by atoms with Crippen LogP contribution in [0.2, 0.25) is 0 Å². The molecular weight excluding hydrogens is 631 g/mol. The summed E-state index contributed by atoms with van der Waals surface area (Å²) in [5, 5.41) is 6.27. The van der Waals surface area contributed by atoms with Crippen molar-refractivity contribution >= 4 is 65.8 Å². The Morgan fingerprint density at radius 3 is 1.39 bits per heavy atom. The highest BCUT2D eigenvalue weighted by Crippen LogP contribution is 2.39. The normalized spacial score (nSPS) is 11.9. The van der Waals surface area contributed by atoms with E-state index in [0.717, 1.165) is 93.6 Å². The Hall–Kier alpha value is -7.05. The fraction of sp³-hybridized carbons (Fsp3) is 0. The molecule has 0 unspecified atom stereocenters. The van der Waals surface area contributed by atoms with Gasteiger partial charge in [-0.25, -0.2) is 15.0 Å². The van der Waals surface area contributed by atoms with Crippen molar-refractivity contribution in [3.8, 4) is 45.3 Å². The average molecular weight is 656 g/mol. The minimum absolute atomic E-state index is 0.579. The van der Waals surface area contributed by atoms with Gasteiger partial charge >= 0.3 is 0 Å². The fourth-order valence-corrected chi connectivity index (χ4v) is 7.27. The highest BCUT2D eigenvalue weighted by molar-refractivity contribution is 6.12. The van der Waals surface area contributed by atoms with Crippen molar-refractivity contribution < 1.29 is 13.3 Å². The lowest BCUT2D eigenvalue weighted by molar-refractivity contribution is 0.668. The minimum atomic E-state index is 0.579. The van der Waals surface area contributed by atoms with Crippen molar-refractivity contribution in [2.45, 2.75) is 0 Å². The predicted molar refractivity (Wildman–Crippen MR) is 203 cm³/mol. The number of hydrogen-bond acceptors (Lipinski definition) is 6. The monoisotopic (exact) mass is 655 g/mol. The molecule has 7 aromatic carbocycles. The molecule has 0 fully saturated rings. The molecule has 0 saturated carbocycles. The maximum absolute atomic E-state index is 6.38. The molecule has 0 bridgehead atoms. The molecule has 238 valence electrons. The highest BCUT2D eigenvalue weighted by atomic mass is 16.3. The van der Waals surface area contributed by atoms with E-state index in [1.807, 2.05) is 97.1 Å². The van der Waals surface area contributed by atoms with E-state index in [1.54, 1.807) is 0 Å². The number of hydrogen-bond donors (Lipinski definition) is 0. The van der Waals surface area contributed by atoms with Crippen LogP contribution in [0.4, 0.5) is 0 Å². The Morgan fingerprint density at radius 2 is 0.745 bits per heavy atom. The highest BCUT2D eigenvalue weighted by Gasteiger charge is 2.18. The smallest absolute Gasteiger partial charge is 0.164 e. The average Bonchev–Trinajstić information content (AvgIpc) is 3.88. The number of furan rings is 3. The van der Waals surface area contributed by atoms with Crippen molar-refractivity contribution in [1.29, 1.82) is 0 Å². The lowest BCUT2D eigenvalue weighted by Crippen LogP contribution is -2.00. The van der Waals surface area contributed by atoms with Crippen molar-refractivity contribution in [1.82, 2.24) is 15.0 Å². The third kappa shape index (κ3) is 4.40. The van der Waals surface area contributed by atoms with Crippen LogP contribution in [0, 0.1) is 0 Å². The van der Waals surface area contributed by atoms with E-state index in [2.05, 4.69) is 54.6 Å². The number of para-hydroxylation sites is 3. The van der Waals surface area contributed by atoms with E-state index in [1.165, 1.54) is 0 Å². The summed E-state index contributed by atoms with van der Waals surface area (Å²) in [5.74, 6) is 1.77. The van der Waals surface area contributed by atoms with Crippen molar-refractivity contribution in [3.63, 3.8) is 0 Å². The van der Waals surface area contributed by atoms with Crippen LogP contribution in [0.3, 0.4) is 0 Å². The number of fused-ring (bicyclic) bond motifs is 9. The molecule has 0 aliphatic rings. The molecule has 4 heterocycles. The second kappa shape index (κ2) is 10.7. The Bertz CT molecular complexity index is 3150. The van der Waals surface area contributed by atoms with E-state index >= 15 is 0 Å². The second-order valence-corrected chi connectivity index (χ2v) is 12.8. The molecule has 11 aromatic rings. The van der Waals surface area contributed by atoms with Crippen LogP contribution < -0.4 is 0 Å². The first kappa shape index (κ1) is 27.9. The van der Waals surface area contributed by atoms with Crippen LogP contribution in [0.5, 0.6) is 0 Å². The van der Waals surface area contributed by atoms with E-state index < -0.39 is 0 Å².